The summed E-state index contributed by atoms with van der Waals surface area (Å²) in [4.78, 5) is 30.3. The number of benzene rings is 1. The molecule has 8 nitrogen and oxygen atoms in total. The van der Waals surface area contributed by atoms with Crippen LogP contribution in [0.1, 0.15) is 50.5 Å². The van der Waals surface area contributed by atoms with E-state index in [-0.39, 0.29) is 31.0 Å². The van der Waals surface area contributed by atoms with Crippen molar-refractivity contribution in [2.24, 2.45) is 23.2 Å². The Bertz CT molecular complexity index is 1080. The summed E-state index contributed by atoms with van der Waals surface area (Å²) in [7, 11) is 0. The molecule has 4 saturated carbocycles. The minimum absolute atomic E-state index is 0.0771. The number of aliphatic hydroxyl groups is 1. The van der Waals surface area contributed by atoms with Gasteiger partial charge in [-0.05, 0) is 92.4 Å². The molecule has 1 aromatic heterocycles. The molecule has 0 aliphatic heterocycles. The molecule has 0 spiro atoms. The first-order valence-electron chi connectivity index (χ1n) is 12.9. The highest BCUT2D eigenvalue weighted by Gasteiger charge is 2.51. The summed E-state index contributed by atoms with van der Waals surface area (Å²) in [5.74, 6) is 3.24. The van der Waals surface area contributed by atoms with E-state index < -0.39 is 6.09 Å². The molecule has 4 fully saturated rings. The molecule has 0 unspecified atom stereocenters. The largest absolute Gasteiger partial charge is 0.465 e. The van der Waals surface area contributed by atoms with Crippen molar-refractivity contribution in [2.45, 2.75) is 51.9 Å². The average Bonchev–Trinajstić information content (AvgIpc) is 2.79. The van der Waals surface area contributed by atoms with Crippen LogP contribution in [0, 0.1) is 30.1 Å². The number of pyridine rings is 1. The Hall–Kier alpha value is -2.87. The maximum absolute atomic E-state index is 13.3. The van der Waals surface area contributed by atoms with Crippen molar-refractivity contribution in [3.05, 3.63) is 29.8 Å². The van der Waals surface area contributed by atoms with Crippen molar-refractivity contribution in [2.75, 3.05) is 36.9 Å². The second-order valence-electron chi connectivity index (χ2n) is 11.1. The van der Waals surface area contributed by atoms with E-state index in [0.29, 0.717) is 18.8 Å². The standard InChI is InChI=1S/C27H36N4O4/c1-17-2-4-22-21(3-5-23(29-22)28-6-7-31(8-9-32)26(34)35)25(17)30-24(33)16-27-13-18-10-19(14-27)12-20(11-18)15-27/h2-5,18-20,32H,6-16H2,1H3,(H,28,29)(H,30,33)(H,34,35). The van der Waals surface area contributed by atoms with Crippen molar-refractivity contribution in [3.63, 3.8) is 0 Å². The lowest BCUT2D eigenvalue weighted by molar-refractivity contribution is -0.124. The molecule has 6 rings (SSSR count). The Balaban J connectivity index is 1.26. The molecule has 0 saturated heterocycles. The molecule has 4 aliphatic rings. The Morgan fingerprint density at radius 3 is 2.37 bits per heavy atom. The van der Waals surface area contributed by atoms with Crippen LogP contribution < -0.4 is 10.6 Å². The van der Waals surface area contributed by atoms with Crippen molar-refractivity contribution in [1.29, 1.82) is 0 Å². The number of aliphatic hydroxyl groups excluding tert-OH is 1. The summed E-state index contributed by atoms with van der Waals surface area (Å²) in [6, 6.07) is 7.74. The van der Waals surface area contributed by atoms with E-state index >= 15 is 0 Å². The van der Waals surface area contributed by atoms with Gasteiger partial charge in [-0.1, -0.05) is 6.07 Å². The third-order valence-corrected chi connectivity index (χ3v) is 8.37. The van der Waals surface area contributed by atoms with Gasteiger partial charge in [0.25, 0.3) is 0 Å². The molecule has 1 aromatic carbocycles. The number of nitrogens with zero attached hydrogens (tertiary/aromatic N) is 2. The van der Waals surface area contributed by atoms with E-state index in [1.165, 1.54) is 38.5 Å². The number of carboxylic acid groups (broad SMARTS) is 1. The number of carbonyl (C=O) groups excluding carboxylic acids is 1. The second kappa shape index (κ2) is 9.64. The zero-order valence-corrected chi connectivity index (χ0v) is 20.4. The highest BCUT2D eigenvalue weighted by Crippen LogP contribution is 2.61. The van der Waals surface area contributed by atoms with Gasteiger partial charge >= 0.3 is 6.09 Å². The third-order valence-electron chi connectivity index (χ3n) is 8.37. The molecule has 2 aromatic rings. The first-order valence-corrected chi connectivity index (χ1v) is 12.9. The van der Waals surface area contributed by atoms with Gasteiger partial charge < -0.3 is 25.7 Å². The molecule has 2 amide bonds. The quantitative estimate of drug-likeness (QED) is 0.421. The van der Waals surface area contributed by atoms with Crippen LogP contribution in [-0.2, 0) is 4.79 Å². The van der Waals surface area contributed by atoms with Crippen molar-refractivity contribution in [1.82, 2.24) is 9.88 Å². The number of amides is 2. The van der Waals surface area contributed by atoms with Crippen LogP contribution in [0.3, 0.4) is 0 Å². The first kappa shape index (κ1) is 23.9. The molecule has 0 atom stereocenters. The number of hydrogen-bond acceptors (Lipinski definition) is 5. The minimum atomic E-state index is -1.06. The van der Waals surface area contributed by atoms with E-state index in [1.54, 1.807) is 0 Å². The zero-order valence-electron chi connectivity index (χ0n) is 20.4. The van der Waals surface area contributed by atoms with E-state index in [2.05, 4.69) is 15.6 Å². The summed E-state index contributed by atoms with van der Waals surface area (Å²) < 4.78 is 0. The van der Waals surface area contributed by atoms with Gasteiger partial charge in [0.2, 0.25) is 5.91 Å². The summed E-state index contributed by atoms with van der Waals surface area (Å²) >= 11 is 0. The van der Waals surface area contributed by atoms with Gasteiger partial charge in [0.05, 0.1) is 17.8 Å². The third kappa shape index (κ3) is 5.08. The number of aryl methyl sites for hydroxylation is 1. The fraction of sp³-hybridized carbons (Fsp3) is 0.593. The monoisotopic (exact) mass is 480 g/mol. The maximum Gasteiger partial charge on any atom is 0.407 e. The number of hydrogen-bond donors (Lipinski definition) is 4. The number of anilines is 2. The van der Waals surface area contributed by atoms with Crippen LogP contribution >= 0.6 is 0 Å². The van der Waals surface area contributed by atoms with Crippen LogP contribution in [0.2, 0.25) is 0 Å². The number of aromatic nitrogens is 1. The van der Waals surface area contributed by atoms with Gasteiger partial charge in [-0.2, -0.15) is 0 Å². The number of fused-ring (bicyclic) bond motifs is 1. The van der Waals surface area contributed by atoms with Crippen molar-refractivity contribution >= 4 is 34.4 Å². The molecule has 35 heavy (non-hydrogen) atoms. The lowest BCUT2D eigenvalue weighted by Crippen LogP contribution is -2.47. The van der Waals surface area contributed by atoms with E-state index in [0.717, 1.165) is 44.8 Å². The Morgan fingerprint density at radius 1 is 1.06 bits per heavy atom. The molecule has 4 bridgehead atoms. The predicted molar refractivity (Wildman–Crippen MR) is 136 cm³/mol. The highest BCUT2D eigenvalue weighted by atomic mass is 16.4. The average molecular weight is 481 g/mol. The van der Waals surface area contributed by atoms with Crippen molar-refractivity contribution < 1.29 is 19.8 Å². The van der Waals surface area contributed by atoms with E-state index in [4.69, 9.17) is 5.11 Å². The van der Waals surface area contributed by atoms with Gasteiger partial charge in [0.1, 0.15) is 5.82 Å². The first-order chi connectivity index (χ1) is 16.8. The van der Waals surface area contributed by atoms with E-state index in [9.17, 15) is 14.7 Å². The second-order valence-corrected chi connectivity index (χ2v) is 11.1. The van der Waals surface area contributed by atoms with Gasteiger partial charge in [-0.3, -0.25) is 4.79 Å². The van der Waals surface area contributed by atoms with Crippen LogP contribution in [0.25, 0.3) is 10.9 Å². The molecular weight excluding hydrogens is 444 g/mol. The number of carbonyl (C=O) groups is 2. The Labute approximate surface area is 206 Å². The zero-order chi connectivity index (χ0) is 24.6. The van der Waals surface area contributed by atoms with Crippen LogP contribution in [0.5, 0.6) is 0 Å². The van der Waals surface area contributed by atoms with Gasteiger partial charge in [0, 0.05) is 31.4 Å². The predicted octanol–water partition coefficient (Wildman–Crippen LogP) is 4.47. The fourth-order valence-corrected chi connectivity index (χ4v) is 7.35. The summed E-state index contributed by atoms with van der Waals surface area (Å²) in [5, 5.41) is 25.5. The van der Waals surface area contributed by atoms with Gasteiger partial charge in [-0.25, -0.2) is 9.78 Å². The normalized spacial score (nSPS) is 26.6. The smallest absolute Gasteiger partial charge is 0.407 e. The van der Waals surface area contributed by atoms with E-state index in [1.807, 2.05) is 31.2 Å². The van der Waals surface area contributed by atoms with Crippen molar-refractivity contribution in [3.8, 4) is 0 Å². The maximum atomic E-state index is 13.3. The Kier molecular flexibility index (Phi) is 6.57. The fourth-order valence-electron chi connectivity index (χ4n) is 7.35. The topological polar surface area (TPSA) is 115 Å². The molecular formula is C27H36N4O4. The Morgan fingerprint density at radius 2 is 1.74 bits per heavy atom. The summed E-state index contributed by atoms with van der Waals surface area (Å²) in [6.07, 6.45) is 7.34. The molecule has 4 aliphatic carbocycles. The highest BCUT2D eigenvalue weighted by molar-refractivity contribution is 6.02. The summed E-state index contributed by atoms with van der Waals surface area (Å²) in [5.41, 5.74) is 2.82. The van der Waals surface area contributed by atoms with Crippen LogP contribution in [0.4, 0.5) is 16.3 Å². The number of rotatable bonds is 9. The van der Waals surface area contributed by atoms with Gasteiger partial charge in [0.15, 0.2) is 0 Å². The molecule has 188 valence electrons. The number of nitrogens with one attached hydrogen (secondary N) is 2. The summed E-state index contributed by atoms with van der Waals surface area (Å²) in [6.45, 7) is 2.50. The molecule has 4 N–H and O–H groups in total. The molecule has 8 heteroatoms. The van der Waals surface area contributed by atoms with Gasteiger partial charge in [-0.15, -0.1) is 0 Å². The lowest BCUT2D eigenvalue weighted by Gasteiger charge is -2.56. The lowest BCUT2D eigenvalue weighted by atomic mass is 9.49. The molecule has 1 heterocycles. The molecule has 0 radical (unpaired) electrons. The van der Waals surface area contributed by atoms with Crippen LogP contribution in [-0.4, -0.2) is 58.3 Å². The SMILES string of the molecule is Cc1ccc2nc(NCCN(CCO)C(=O)O)ccc2c1NC(=O)CC12CC3CC(CC(C3)C1)C2. The minimum Gasteiger partial charge on any atom is -0.465 e. The van der Waals surface area contributed by atoms with Crippen LogP contribution in [0.15, 0.2) is 24.3 Å².